The van der Waals surface area contributed by atoms with Crippen molar-refractivity contribution in [2.24, 2.45) is 0 Å². The molecule has 10 heteroatoms. The molecule has 0 radical (unpaired) electrons. The number of anilines is 1. The van der Waals surface area contributed by atoms with Gasteiger partial charge in [-0.1, -0.05) is 48.0 Å². The number of methoxy groups -OCH3 is 1. The van der Waals surface area contributed by atoms with Gasteiger partial charge in [-0.25, -0.2) is 8.42 Å². The smallest absolute Gasteiger partial charge is 0.264 e. The van der Waals surface area contributed by atoms with E-state index in [1.165, 1.54) is 23.1 Å². The standard InChI is InChI=1S/C30H36ClN3O5S/c1-21-15-16-24(31)18-27(21)34(40(37,38)26-13-8-7-9-14-26)20-28(35)33(22(2)29(36)32-30(3,4)5)19-23-11-10-12-25(17-23)39-6/h7-18,22H,19-20H2,1-6H3,(H,32,36)/t22-/m1/s1. The third-order valence-corrected chi connectivity index (χ3v) is 8.21. The first-order valence-electron chi connectivity index (χ1n) is 12.8. The normalized spacial score (nSPS) is 12.4. The fourth-order valence-corrected chi connectivity index (χ4v) is 5.77. The Hall–Kier alpha value is -3.56. The highest BCUT2D eigenvalue weighted by atomic mass is 35.5. The molecule has 0 heterocycles. The van der Waals surface area contributed by atoms with Crippen LogP contribution >= 0.6 is 11.6 Å². The maximum absolute atomic E-state index is 14.0. The fraction of sp³-hybridized carbons (Fsp3) is 0.333. The summed E-state index contributed by atoms with van der Waals surface area (Å²) >= 11 is 6.26. The van der Waals surface area contributed by atoms with Crippen LogP contribution in [0, 0.1) is 6.92 Å². The SMILES string of the molecule is COc1cccc(CN(C(=O)CN(c2cc(Cl)ccc2C)S(=O)(=O)c2ccccc2)[C@H](C)C(=O)NC(C)(C)C)c1. The van der Waals surface area contributed by atoms with E-state index in [9.17, 15) is 18.0 Å². The summed E-state index contributed by atoms with van der Waals surface area (Å²) in [5.74, 6) is -0.321. The van der Waals surface area contributed by atoms with Crippen LogP contribution < -0.4 is 14.4 Å². The maximum atomic E-state index is 14.0. The van der Waals surface area contributed by atoms with Crippen molar-refractivity contribution in [2.75, 3.05) is 18.0 Å². The summed E-state index contributed by atoms with van der Waals surface area (Å²) in [6.07, 6.45) is 0. The lowest BCUT2D eigenvalue weighted by molar-refractivity contribution is -0.140. The van der Waals surface area contributed by atoms with Gasteiger partial charge in [-0.2, -0.15) is 0 Å². The van der Waals surface area contributed by atoms with E-state index in [4.69, 9.17) is 16.3 Å². The van der Waals surface area contributed by atoms with Crippen LogP contribution in [-0.4, -0.2) is 50.4 Å². The van der Waals surface area contributed by atoms with Gasteiger partial charge in [0.15, 0.2) is 0 Å². The molecule has 0 aliphatic carbocycles. The predicted octanol–water partition coefficient (Wildman–Crippen LogP) is 5.18. The van der Waals surface area contributed by atoms with Crippen molar-refractivity contribution in [3.8, 4) is 5.75 Å². The van der Waals surface area contributed by atoms with Gasteiger partial charge < -0.3 is 15.0 Å². The highest BCUT2D eigenvalue weighted by Crippen LogP contribution is 2.30. The van der Waals surface area contributed by atoms with E-state index in [-0.39, 0.29) is 23.0 Å². The molecule has 0 saturated carbocycles. The van der Waals surface area contributed by atoms with Gasteiger partial charge in [-0.15, -0.1) is 0 Å². The number of rotatable bonds is 10. The molecule has 0 unspecified atom stereocenters. The van der Waals surface area contributed by atoms with Crippen LogP contribution in [0.15, 0.2) is 77.7 Å². The van der Waals surface area contributed by atoms with E-state index in [0.717, 1.165) is 9.87 Å². The van der Waals surface area contributed by atoms with Crippen LogP contribution in [0.3, 0.4) is 0 Å². The first-order chi connectivity index (χ1) is 18.7. The van der Waals surface area contributed by atoms with Crippen molar-refractivity contribution in [1.82, 2.24) is 10.2 Å². The van der Waals surface area contributed by atoms with Gasteiger partial charge >= 0.3 is 0 Å². The molecule has 40 heavy (non-hydrogen) atoms. The fourth-order valence-electron chi connectivity index (χ4n) is 4.11. The average Bonchev–Trinajstić information content (AvgIpc) is 2.91. The minimum absolute atomic E-state index is 0.0278. The summed E-state index contributed by atoms with van der Waals surface area (Å²) in [7, 11) is -2.63. The molecule has 0 aliphatic rings. The molecule has 3 aromatic carbocycles. The minimum atomic E-state index is -4.17. The zero-order chi connectivity index (χ0) is 29.7. The number of amides is 2. The number of benzene rings is 3. The average molecular weight is 586 g/mol. The van der Waals surface area contributed by atoms with Gasteiger partial charge in [0.2, 0.25) is 11.8 Å². The first kappa shape index (κ1) is 31.0. The monoisotopic (exact) mass is 585 g/mol. The zero-order valence-electron chi connectivity index (χ0n) is 23.6. The van der Waals surface area contributed by atoms with Crippen LogP contribution in [-0.2, 0) is 26.2 Å². The third kappa shape index (κ3) is 7.76. The number of halogens is 1. The van der Waals surface area contributed by atoms with Gasteiger partial charge in [0.25, 0.3) is 10.0 Å². The topological polar surface area (TPSA) is 96.0 Å². The van der Waals surface area contributed by atoms with Crippen molar-refractivity contribution >= 4 is 39.1 Å². The lowest BCUT2D eigenvalue weighted by Crippen LogP contribution is -2.54. The number of nitrogens with zero attached hydrogens (tertiary/aromatic N) is 2. The molecule has 1 atom stereocenters. The second-order valence-corrected chi connectivity index (χ2v) is 12.8. The Labute approximate surface area is 241 Å². The summed E-state index contributed by atoms with van der Waals surface area (Å²) < 4.78 is 34.2. The molecule has 8 nitrogen and oxygen atoms in total. The Morgan fingerprint density at radius 2 is 1.68 bits per heavy atom. The van der Waals surface area contributed by atoms with E-state index in [2.05, 4.69) is 5.32 Å². The molecule has 0 aromatic heterocycles. The number of hydrogen-bond acceptors (Lipinski definition) is 5. The van der Waals surface area contributed by atoms with Crippen molar-refractivity contribution in [1.29, 1.82) is 0 Å². The zero-order valence-corrected chi connectivity index (χ0v) is 25.2. The minimum Gasteiger partial charge on any atom is -0.497 e. The van der Waals surface area contributed by atoms with Gasteiger partial charge in [0, 0.05) is 17.1 Å². The van der Waals surface area contributed by atoms with Crippen molar-refractivity contribution in [2.45, 2.75) is 57.6 Å². The van der Waals surface area contributed by atoms with Crippen LogP contribution in [0.2, 0.25) is 5.02 Å². The number of sulfonamides is 1. The molecule has 0 aliphatic heterocycles. The van der Waals surface area contributed by atoms with Crippen LogP contribution in [0.1, 0.15) is 38.8 Å². The largest absolute Gasteiger partial charge is 0.497 e. The molecule has 214 valence electrons. The number of carbonyl (C=O) groups is 2. The molecule has 1 N–H and O–H groups in total. The second-order valence-electron chi connectivity index (χ2n) is 10.5. The molecule has 0 saturated heterocycles. The Morgan fingerprint density at radius 3 is 2.30 bits per heavy atom. The molecular formula is C30H36ClN3O5S. The molecule has 2 amide bonds. The number of nitrogens with one attached hydrogen (secondary N) is 1. The lowest BCUT2D eigenvalue weighted by Gasteiger charge is -2.34. The molecule has 3 aromatic rings. The summed E-state index contributed by atoms with van der Waals surface area (Å²) in [6, 6.07) is 19.0. The summed E-state index contributed by atoms with van der Waals surface area (Å²) in [5.41, 5.74) is 1.09. The molecule has 3 rings (SSSR count). The second kappa shape index (κ2) is 12.7. The number of carbonyl (C=O) groups excluding carboxylic acids is 2. The summed E-state index contributed by atoms with van der Waals surface area (Å²) in [5, 5.41) is 3.24. The van der Waals surface area contributed by atoms with Gasteiger partial charge in [0.05, 0.1) is 17.7 Å². The summed E-state index contributed by atoms with van der Waals surface area (Å²) in [6.45, 7) is 8.43. The maximum Gasteiger partial charge on any atom is 0.264 e. The van der Waals surface area contributed by atoms with Crippen LogP contribution in [0.4, 0.5) is 5.69 Å². The van der Waals surface area contributed by atoms with Crippen molar-refractivity contribution < 1.29 is 22.7 Å². The molecule has 0 spiro atoms. The first-order valence-corrected chi connectivity index (χ1v) is 14.6. The van der Waals surface area contributed by atoms with Gasteiger partial charge in [-0.3, -0.25) is 13.9 Å². The molecule has 0 bridgehead atoms. The number of aryl methyl sites for hydroxylation is 1. The van der Waals surface area contributed by atoms with Crippen LogP contribution in [0.25, 0.3) is 0 Å². The summed E-state index contributed by atoms with van der Waals surface area (Å²) in [4.78, 5) is 28.7. The van der Waals surface area contributed by atoms with Gasteiger partial charge in [0.1, 0.15) is 18.3 Å². The van der Waals surface area contributed by atoms with Crippen molar-refractivity contribution in [3.05, 3.63) is 88.9 Å². The Bertz CT molecular complexity index is 1460. The molecular weight excluding hydrogens is 550 g/mol. The van der Waals surface area contributed by atoms with E-state index in [0.29, 0.717) is 16.3 Å². The highest BCUT2D eigenvalue weighted by molar-refractivity contribution is 7.92. The number of ether oxygens (including phenoxy) is 1. The molecule has 0 fully saturated rings. The van der Waals surface area contributed by atoms with Crippen molar-refractivity contribution in [3.63, 3.8) is 0 Å². The van der Waals surface area contributed by atoms with Gasteiger partial charge in [-0.05, 0) is 82.1 Å². The van der Waals surface area contributed by atoms with E-state index >= 15 is 0 Å². The Balaban J connectivity index is 2.08. The van der Waals surface area contributed by atoms with Crippen LogP contribution in [0.5, 0.6) is 5.75 Å². The Morgan fingerprint density at radius 1 is 1.00 bits per heavy atom. The van der Waals surface area contributed by atoms with E-state index in [1.54, 1.807) is 69.5 Å². The van der Waals surface area contributed by atoms with E-state index in [1.807, 2.05) is 26.8 Å². The Kier molecular flexibility index (Phi) is 9.87. The number of hydrogen-bond donors (Lipinski definition) is 1. The lowest BCUT2D eigenvalue weighted by atomic mass is 10.1. The highest BCUT2D eigenvalue weighted by Gasteiger charge is 2.34. The third-order valence-electron chi connectivity index (χ3n) is 6.20. The quantitative estimate of drug-likeness (QED) is 0.353. The predicted molar refractivity (Wildman–Crippen MR) is 158 cm³/mol. The van der Waals surface area contributed by atoms with E-state index < -0.39 is 34.1 Å².